The molecule has 1 amide bonds. The Hall–Kier alpha value is -3.55. The highest BCUT2D eigenvalue weighted by atomic mass is 16.8. The molecule has 3 heterocycles. The second-order valence-electron chi connectivity index (χ2n) is 25.3. The van der Waals surface area contributed by atoms with Gasteiger partial charge in [0, 0.05) is 6.42 Å². The number of carbonyl (C=O) groups excluding carboxylic acids is 1. The standard InChI is InChI=1S/C75H127NO18/c1-3-5-7-9-11-13-15-17-19-21-22-23-24-25-26-27-28-29-30-31-32-33-34-35-36-37-39-41-43-45-47-49-51-53-63(81)76-58(59(80)52-50-48-46-44-42-40-38-20-18-16-14-12-10-8-6-4-2)57-89-73-69(87)66(84)71(61(55-78)91-73)94-75-70(88)67(85)72(62(56-79)92-75)93-74-68(86)65(83)64(82)60(54-77)90-74/h5,7,11,13,17,19,22-23,25-26,28-29,31-32,34-35,37,39,58-62,64-75,77-80,82-88H,3-4,6,8-10,12,14-16,18,20-21,24,27,30,33,36,38,40-57H2,1-2H3,(H,76,81)/b7-5-,13-11-,19-17-,23-22-,26-25-,29-28-,32-31-,35-34-,39-37-. The molecule has 0 spiro atoms. The lowest BCUT2D eigenvalue weighted by molar-refractivity contribution is -0.379. The Morgan fingerprint density at radius 1 is 0.394 bits per heavy atom. The van der Waals surface area contributed by atoms with Crippen LogP contribution in [0.2, 0.25) is 0 Å². The highest BCUT2D eigenvalue weighted by Gasteiger charge is 2.53. The van der Waals surface area contributed by atoms with Crippen molar-refractivity contribution in [3.8, 4) is 0 Å². The number of allylic oxidation sites excluding steroid dienone is 18. The maximum absolute atomic E-state index is 13.4. The molecule has 19 nitrogen and oxygen atoms in total. The van der Waals surface area contributed by atoms with Gasteiger partial charge in [0.15, 0.2) is 18.9 Å². The van der Waals surface area contributed by atoms with Gasteiger partial charge in [0.05, 0.1) is 38.6 Å². The molecule has 3 aliphatic rings. The highest BCUT2D eigenvalue weighted by Crippen LogP contribution is 2.33. The van der Waals surface area contributed by atoms with E-state index in [9.17, 15) is 61.0 Å². The third kappa shape index (κ3) is 36.3. The average molecular weight is 1330 g/mol. The second-order valence-corrected chi connectivity index (χ2v) is 25.3. The van der Waals surface area contributed by atoms with Gasteiger partial charge >= 0.3 is 0 Å². The van der Waals surface area contributed by atoms with Gasteiger partial charge in [0.25, 0.3) is 0 Å². The van der Waals surface area contributed by atoms with Crippen molar-refractivity contribution >= 4 is 5.91 Å². The Morgan fingerprint density at radius 3 is 1.15 bits per heavy atom. The monoisotopic (exact) mass is 1330 g/mol. The highest BCUT2D eigenvalue weighted by molar-refractivity contribution is 5.76. The molecule has 0 aromatic carbocycles. The lowest BCUT2D eigenvalue weighted by atomic mass is 9.96. The van der Waals surface area contributed by atoms with Gasteiger partial charge in [0.1, 0.15) is 73.2 Å². The average Bonchev–Trinajstić information content (AvgIpc) is 0.787. The van der Waals surface area contributed by atoms with Crippen LogP contribution in [-0.4, -0.2) is 193 Å². The number of hydrogen-bond acceptors (Lipinski definition) is 18. The third-order valence-electron chi connectivity index (χ3n) is 17.4. The third-order valence-corrected chi connectivity index (χ3v) is 17.4. The minimum Gasteiger partial charge on any atom is -0.394 e. The fourth-order valence-corrected chi connectivity index (χ4v) is 11.5. The van der Waals surface area contributed by atoms with Gasteiger partial charge in [-0.1, -0.05) is 245 Å². The summed E-state index contributed by atoms with van der Waals surface area (Å²) in [5.74, 6) is -0.266. The number of hydrogen-bond donors (Lipinski definition) is 12. The van der Waals surface area contributed by atoms with E-state index in [1.807, 2.05) is 0 Å². The van der Waals surface area contributed by atoms with Crippen molar-refractivity contribution in [3.05, 3.63) is 109 Å². The van der Waals surface area contributed by atoms with Crippen molar-refractivity contribution in [2.45, 2.75) is 330 Å². The maximum atomic E-state index is 13.4. The van der Waals surface area contributed by atoms with Crippen molar-refractivity contribution in [3.63, 3.8) is 0 Å². The Balaban J connectivity index is 1.40. The molecule has 3 fully saturated rings. The van der Waals surface area contributed by atoms with Crippen LogP contribution in [0.3, 0.4) is 0 Å². The Morgan fingerprint density at radius 2 is 0.734 bits per heavy atom. The van der Waals surface area contributed by atoms with Crippen molar-refractivity contribution in [2.75, 3.05) is 26.4 Å². The van der Waals surface area contributed by atoms with Crippen LogP contribution >= 0.6 is 0 Å². The zero-order chi connectivity index (χ0) is 68.2. The van der Waals surface area contributed by atoms with Crippen LogP contribution in [-0.2, 0) is 33.2 Å². The first-order valence-electron chi connectivity index (χ1n) is 36.1. The van der Waals surface area contributed by atoms with Crippen LogP contribution in [0.1, 0.15) is 226 Å². The Kier molecular flexibility index (Phi) is 49.9. The number of ether oxygens (including phenoxy) is 6. The summed E-state index contributed by atoms with van der Waals surface area (Å²) in [5.41, 5.74) is 0. The zero-order valence-electron chi connectivity index (χ0n) is 57.1. The summed E-state index contributed by atoms with van der Waals surface area (Å²) in [6, 6.07) is -0.906. The van der Waals surface area contributed by atoms with Gasteiger partial charge in [-0.15, -0.1) is 0 Å². The number of amides is 1. The largest absolute Gasteiger partial charge is 0.394 e. The number of aliphatic hydroxyl groups excluding tert-OH is 11. The molecule has 0 bridgehead atoms. The molecule has 0 aromatic rings. The molecular weight excluding hydrogens is 1200 g/mol. The van der Waals surface area contributed by atoms with Crippen LogP contribution in [0.4, 0.5) is 0 Å². The van der Waals surface area contributed by atoms with Crippen LogP contribution in [0.25, 0.3) is 0 Å². The fraction of sp³-hybridized carbons (Fsp3) is 0.747. The van der Waals surface area contributed by atoms with E-state index >= 15 is 0 Å². The summed E-state index contributed by atoms with van der Waals surface area (Å²) < 4.78 is 34.4. The van der Waals surface area contributed by atoms with Crippen molar-refractivity contribution in [1.82, 2.24) is 5.32 Å². The van der Waals surface area contributed by atoms with E-state index in [0.29, 0.717) is 12.8 Å². The lowest BCUT2D eigenvalue weighted by Crippen LogP contribution is -2.66. The van der Waals surface area contributed by atoms with Crippen molar-refractivity contribution < 1.29 is 89.4 Å². The molecule has 3 aliphatic heterocycles. The summed E-state index contributed by atoms with van der Waals surface area (Å²) in [5, 5.41) is 121. The van der Waals surface area contributed by atoms with Crippen molar-refractivity contribution in [2.24, 2.45) is 0 Å². The van der Waals surface area contributed by atoms with Gasteiger partial charge < -0.3 is 89.9 Å². The SMILES string of the molecule is CC/C=C\C/C=C\C/C=C\C/C=C\C/C=C\C/C=C\C/C=C\C/C=C\C/C=C\CCCCCCCC(=O)NC(COC1OC(CO)C(OC2OC(CO)C(OC3OC(CO)C(O)C(O)C3O)C(O)C2O)C(O)C1O)C(O)CCCCCCCCCCCCCCCCCC. The molecule has 0 radical (unpaired) electrons. The molecule has 17 atom stereocenters. The Bertz CT molecular complexity index is 2130. The molecule has 19 heteroatoms. The zero-order valence-corrected chi connectivity index (χ0v) is 57.1. The summed E-state index contributed by atoms with van der Waals surface area (Å²) in [7, 11) is 0. The van der Waals surface area contributed by atoms with E-state index in [0.717, 1.165) is 116 Å². The number of aliphatic hydroxyl groups is 11. The maximum Gasteiger partial charge on any atom is 0.220 e. The molecule has 0 aliphatic carbocycles. The normalized spacial score (nSPS) is 28.0. The number of unbranched alkanes of at least 4 members (excludes halogenated alkanes) is 20. The summed E-state index contributed by atoms with van der Waals surface area (Å²) in [6.45, 7) is 1.66. The second kappa shape index (κ2) is 55.3. The molecule has 0 aromatic heterocycles. The minimum absolute atomic E-state index is 0.237. The Labute approximate surface area is 564 Å². The topological polar surface area (TPSA) is 307 Å². The van der Waals surface area contributed by atoms with E-state index in [-0.39, 0.29) is 18.9 Å². The van der Waals surface area contributed by atoms with E-state index < -0.39 is 124 Å². The van der Waals surface area contributed by atoms with Crippen LogP contribution in [0.5, 0.6) is 0 Å². The summed E-state index contributed by atoms with van der Waals surface area (Å²) >= 11 is 0. The number of carbonyl (C=O) groups is 1. The quantitative estimate of drug-likeness (QED) is 0.0199. The van der Waals surface area contributed by atoms with Gasteiger partial charge in [-0.05, 0) is 83.5 Å². The summed E-state index contributed by atoms with van der Waals surface area (Å²) in [4.78, 5) is 13.4. The molecule has 12 N–H and O–H groups in total. The molecule has 3 saturated heterocycles. The van der Waals surface area contributed by atoms with E-state index in [4.69, 9.17) is 28.4 Å². The first-order chi connectivity index (χ1) is 45.8. The van der Waals surface area contributed by atoms with Gasteiger partial charge in [-0.3, -0.25) is 4.79 Å². The predicted molar refractivity (Wildman–Crippen MR) is 369 cm³/mol. The molecule has 3 rings (SSSR count). The molecule has 540 valence electrons. The van der Waals surface area contributed by atoms with Gasteiger partial charge in [-0.2, -0.15) is 0 Å². The van der Waals surface area contributed by atoms with Crippen LogP contribution < -0.4 is 5.32 Å². The van der Waals surface area contributed by atoms with Gasteiger partial charge in [0.2, 0.25) is 5.91 Å². The van der Waals surface area contributed by atoms with E-state index in [2.05, 4.69) is 129 Å². The van der Waals surface area contributed by atoms with Crippen molar-refractivity contribution in [1.29, 1.82) is 0 Å². The first kappa shape index (κ1) is 84.7. The number of rotatable bonds is 54. The lowest BCUT2D eigenvalue weighted by Gasteiger charge is -2.48. The molecule has 17 unspecified atom stereocenters. The molecule has 0 saturated carbocycles. The molecular formula is C75H127NO18. The predicted octanol–water partition coefficient (Wildman–Crippen LogP) is 10.2. The fourth-order valence-electron chi connectivity index (χ4n) is 11.5. The van der Waals surface area contributed by atoms with Gasteiger partial charge in [-0.25, -0.2) is 0 Å². The summed E-state index contributed by atoms with van der Waals surface area (Å²) in [6.07, 6.45) is 47.3. The van der Waals surface area contributed by atoms with Crippen LogP contribution in [0, 0.1) is 0 Å². The smallest absolute Gasteiger partial charge is 0.220 e. The number of nitrogens with one attached hydrogen (secondary N) is 1. The van der Waals surface area contributed by atoms with E-state index in [1.54, 1.807) is 0 Å². The van der Waals surface area contributed by atoms with E-state index in [1.165, 1.54) is 77.0 Å². The van der Waals surface area contributed by atoms with Crippen LogP contribution in [0.15, 0.2) is 109 Å². The minimum atomic E-state index is -1.98. The first-order valence-corrected chi connectivity index (χ1v) is 36.1. The molecule has 94 heavy (non-hydrogen) atoms.